The Bertz CT molecular complexity index is 1020. The maximum atomic E-state index is 11.9. The van der Waals surface area contributed by atoms with Crippen molar-refractivity contribution in [1.29, 1.82) is 0 Å². The lowest BCUT2D eigenvalue weighted by molar-refractivity contribution is -0.384. The third-order valence-electron chi connectivity index (χ3n) is 3.89. The Morgan fingerprint density at radius 3 is 2.50 bits per heavy atom. The number of nitro benzene ring substituents is 1. The fourth-order valence-corrected chi connectivity index (χ4v) is 3.25. The average Bonchev–Trinajstić information content (AvgIpc) is 2.75. The van der Waals surface area contributed by atoms with Crippen LogP contribution in [0.15, 0.2) is 84.0 Å². The molecule has 1 amide bonds. The van der Waals surface area contributed by atoms with Crippen LogP contribution in [0.25, 0.3) is 0 Å². The zero-order chi connectivity index (χ0) is 21.2. The van der Waals surface area contributed by atoms with Crippen molar-refractivity contribution in [3.05, 3.63) is 100 Å². The van der Waals surface area contributed by atoms with Gasteiger partial charge in [-0.05, 0) is 35.4 Å². The van der Waals surface area contributed by atoms with Crippen molar-refractivity contribution in [3.8, 4) is 11.5 Å². The molecular formula is C22H19N3O4S. The third-order valence-corrected chi connectivity index (χ3v) is 4.89. The zero-order valence-electron chi connectivity index (χ0n) is 15.9. The zero-order valence-corrected chi connectivity index (χ0v) is 16.7. The largest absolute Gasteiger partial charge is 0.457 e. The molecule has 7 nitrogen and oxygen atoms in total. The number of nitro groups is 1. The molecule has 0 bridgehead atoms. The van der Waals surface area contributed by atoms with Crippen molar-refractivity contribution in [2.24, 2.45) is 5.10 Å². The molecule has 0 heterocycles. The van der Waals surface area contributed by atoms with Gasteiger partial charge < -0.3 is 4.74 Å². The Balaban J connectivity index is 1.43. The first-order chi connectivity index (χ1) is 14.6. The van der Waals surface area contributed by atoms with E-state index >= 15 is 0 Å². The Morgan fingerprint density at radius 2 is 1.77 bits per heavy atom. The van der Waals surface area contributed by atoms with Gasteiger partial charge in [-0.3, -0.25) is 14.9 Å². The summed E-state index contributed by atoms with van der Waals surface area (Å²) in [7, 11) is 0. The maximum absolute atomic E-state index is 11.9. The molecule has 1 N–H and O–H groups in total. The van der Waals surface area contributed by atoms with Gasteiger partial charge in [0.1, 0.15) is 11.5 Å². The predicted molar refractivity (Wildman–Crippen MR) is 118 cm³/mol. The number of carbonyl (C=O) groups is 1. The van der Waals surface area contributed by atoms with Gasteiger partial charge in [0.2, 0.25) is 5.91 Å². The summed E-state index contributed by atoms with van der Waals surface area (Å²) in [5, 5.41) is 14.6. The molecule has 0 fully saturated rings. The first kappa shape index (κ1) is 21.1. The van der Waals surface area contributed by atoms with Crippen molar-refractivity contribution >= 4 is 29.6 Å². The highest BCUT2D eigenvalue weighted by Gasteiger charge is 2.05. The summed E-state index contributed by atoms with van der Waals surface area (Å²) in [4.78, 5) is 22.1. The molecule has 0 unspecified atom stereocenters. The summed E-state index contributed by atoms with van der Waals surface area (Å²) in [5.74, 6) is 1.99. The summed E-state index contributed by atoms with van der Waals surface area (Å²) in [6, 6.07) is 23.1. The van der Waals surface area contributed by atoms with Crippen LogP contribution in [0.1, 0.15) is 11.1 Å². The normalized spacial score (nSPS) is 10.7. The molecule has 0 aliphatic rings. The summed E-state index contributed by atoms with van der Waals surface area (Å²) in [6.45, 7) is 0. The number of carbonyl (C=O) groups excluding carboxylic acids is 1. The molecule has 152 valence electrons. The molecule has 0 saturated heterocycles. The van der Waals surface area contributed by atoms with Crippen molar-refractivity contribution < 1.29 is 14.5 Å². The van der Waals surface area contributed by atoms with Crippen LogP contribution in [-0.4, -0.2) is 22.8 Å². The number of benzene rings is 3. The van der Waals surface area contributed by atoms with Gasteiger partial charge in [-0.2, -0.15) is 5.10 Å². The molecule has 0 aromatic heterocycles. The van der Waals surface area contributed by atoms with Gasteiger partial charge in [0.25, 0.3) is 5.69 Å². The van der Waals surface area contributed by atoms with Crippen LogP contribution in [-0.2, 0) is 10.5 Å². The topological polar surface area (TPSA) is 93.8 Å². The van der Waals surface area contributed by atoms with Gasteiger partial charge >= 0.3 is 0 Å². The molecule has 0 aliphatic carbocycles. The van der Waals surface area contributed by atoms with Gasteiger partial charge in [0.05, 0.1) is 16.9 Å². The van der Waals surface area contributed by atoms with Crippen molar-refractivity contribution in [2.75, 3.05) is 5.75 Å². The third kappa shape index (κ3) is 6.75. The van der Waals surface area contributed by atoms with Gasteiger partial charge in [-0.15, -0.1) is 11.8 Å². The van der Waals surface area contributed by atoms with E-state index in [0.29, 0.717) is 11.5 Å². The van der Waals surface area contributed by atoms with E-state index in [0.717, 1.165) is 16.9 Å². The van der Waals surface area contributed by atoms with Crippen LogP contribution in [0.3, 0.4) is 0 Å². The number of rotatable bonds is 9. The van der Waals surface area contributed by atoms with Crippen LogP contribution in [0.2, 0.25) is 0 Å². The summed E-state index contributed by atoms with van der Waals surface area (Å²) in [6.07, 6.45) is 1.55. The number of hydrogen-bond acceptors (Lipinski definition) is 6. The molecule has 0 aliphatic heterocycles. The molecule has 3 rings (SSSR count). The van der Waals surface area contributed by atoms with Crippen molar-refractivity contribution in [2.45, 2.75) is 5.75 Å². The minimum Gasteiger partial charge on any atom is -0.457 e. The second-order valence-corrected chi connectivity index (χ2v) is 7.18. The number of thioether (sulfide) groups is 1. The highest BCUT2D eigenvalue weighted by molar-refractivity contribution is 7.99. The van der Waals surface area contributed by atoms with Crippen molar-refractivity contribution in [1.82, 2.24) is 5.43 Å². The van der Waals surface area contributed by atoms with E-state index in [1.807, 2.05) is 54.6 Å². The van der Waals surface area contributed by atoms with E-state index in [1.165, 1.54) is 23.9 Å². The smallest absolute Gasteiger partial charge is 0.269 e. The number of non-ortho nitro benzene ring substituents is 1. The Labute approximate surface area is 177 Å². The van der Waals surface area contributed by atoms with Crippen LogP contribution < -0.4 is 10.2 Å². The van der Waals surface area contributed by atoms with Crippen LogP contribution in [0.5, 0.6) is 11.5 Å². The molecular weight excluding hydrogens is 402 g/mol. The lowest BCUT2D eigenvalue weighted by Gasteiger charge is -2.05. The molecule has 3 aromatic rings. The number of amides is 1. The van der Waals surface area contributed by atoms with E-state index in [2.05, 4.69) is 10.5 Å². The van der Waals surface area contributed by atoms with Gasteiger partial charge in [-0.25, -0.2) is 5.43 Å². The lowest BCUT2D eigenvalue weighted by atomic mass is 10.2. The lowest BCUT2D eigenvalue weighted by Crippen LogP contribution is -2.19. The monoisotopic (exact) mass is 421 g/mol. The number of nitrogens with one attached hydrogen (secondary N) is 1. The SMILES string of the molecule is O=C(CSCc1ccc([N+](=O)[O-])cc1)N/N=C\c1cccc(Oc2ccccc2)c1. The van der Waals surface area contributed by atoms with Crippen LogP contribution in [0, 0.1) is 10.1 Å². The number of hydrogen-bond donors (Lipinski definition) is 1. The van der Waals surface area contributed by atoms with E-state index < -0.39 is 4.92 Å². The second kappa shape index (κ2) is 10.8. The highest BCUT2D eigenvalue weighted by atomic mass is 32.2. The Kier molecular flexibility index (Phi) is 7.57. The van der Waals surface area contributed by atoms with Crippen LogP contribution in [0.4, 0.5) is 5.69 Å². The minimum absolute atomic E-state index is 0.0501. The Hall–Kier alpha value is -3.65. The fourth-order valence-electron chi connectivity index (χ4n) is 2.47. The van der Waals surface area contributed by atoms with Gasteiger partial charge in [0.15, 0.2) is 0 Å². The standard InChI is InChI=1S/C22H19N3O4S/c26-22(16-30-15-17-9-11-19(12-10-17)25(27)28)24-23-14-18-5-4-8-21(13-18)29-20-6-2-1-3-7-20/h1-14H,15-16H2,(H,24,26)/b23-14-. The summed E-state index contributed by atoms with van der Waals surface area (Å²) in [5.41, 5.74) is 4.25. The molecule has 30 heavy (non-hydrogen) atoms. The number of para-hydroxylation sites is 1. The Morgan fingerprint density at radius 1 is 1.03 bits per heavy atom. The van der Waals surface area contributed by atoms with Gasteiger partial charge in [0, 0.05) is 17.9 Å². The number of nitrogens with zero attached hydrogens (tertiary/aromatic N) is 2. The predicted octanol–water partition coefficient (Wildman–Crippen LogP) is 4.77. The molecule has 3 aromatic carbocycles. The van der Waals surface area contributed by atoms with Crippen LogP contribution >= 0.6 is 11.8 Å². The summed E-state index contributed by atoms with van der Waals surface area (Å²) < 4.78 is 5.77. The highest BCUT2D eigenvalue weighted by Crippen LogP contribution is 2.21. The first-order valence-corrected chi connectivity index (χ1v) is 10.2. The fraction of sp³-hybridized carbons (Fsp3) is 0.0909. The number of hydrazone groups is 1. The second-order valence-electron chi connectivity index (χ2n) is 6.20. The molecule has 8 heteroatoms. The maximum Gasteiger partial charge on any atom is 0.269 e. The molecule has 0 spiro atoms. The molecule has 0 radical (unpaired) electrons. The van der Waals surface area contributed by atoms with E-state index in [1.54, 1.807) is 18.3 Å². The van der Waals surface area contributed by atoms with E-state index in [4.69, 9.17) is 4.74 Å². The quantitative estimate of drug-likeness (QED) is 0.305. The number of ether oxygens (including phenoxy) is 1. The first-order valence-electron chi connectivity index (χ1n) is 9.06. The van der Waals surface area contributed by atoms with Gasteiger partial charge in [-0.1, -0.05) is 42.5 Å². The average molecular weight is 421 g/mol. The van der Waals surface area contributed by atoms with Crippen molar-refractivity contribution in [3.63, 3.8) is 0 Å². The van der Waals surface area contributed by atoms with E-state index in [-0.39, 0.29) is 17.3 Å². The van der Waals surface area contributed by atoms with E-state index in [9.17, 15) is 14.9 Å². The summed E-state index contributed by atoms with van der Waals surface area (Å²) >= 11 is 1.40. The molecule has 0 atom stereocenters. The molecule has 0 saturated carbocycles. The minimum atomic E-state index is -0.439.